The van der Waals surface area contributed by atoms with E-state index in [1.165, 1.54) is 0 Å². The van der Waals surface area contributed by atoms with Crippen molar-refractivity contribution in [2.45, 2.75) is 6.92 Å². The van der Waals surface area contributed by atoms with Crippen LogP contribution < -0.4 is 0 Å². The first-order valence-corrected chi connectivity index (χ1v) is 5.97. The van der Waals surface area contributed by atoms with Gasteiger partial charge in [0.1, 0.15) is 0 Å². The Balaban J connectivity index is 0. The van der Waals surface area contributed by atoms with Crippen molar-refractivity contribution in [3.8, 4) is 0 Å². The van der Waals surface area contributed by atoms with Crippen LogP contribution in [0.3, 0.4) is 0 Å². The van der Waals surface area contributed by atoms with Gasteiger partial charge in [0.15, 0.2) is 6.73 Å². The SMILES string of the molecule is CC[N+](C)(C)COC.F[P-](F)(F)(F)(F)F. The van der Waals surface area contributed by atoms with Gasteiger partial charge < -0.3 is 9.22 Å². The maximum absolute atomic E-state index is 10.7. The molecule has 0 bridgehead atoms. The predicted molar refractivity (Wildman–Crippen MR) is 48.1 cm³/mol. The number of methoxy groups -OCH3 is 1. The van der Waals surface area contributed by atoms with Gasteiger partial charge in [-0.3, -0.25) is 0 Å². The summed E-state index contributed by atoms with van der Waals surface area (Å²) >= 11 is 0. The summed E-state index contributed by atoms with van der Waals surface area (Å²) in [5, 5.41) is 0. The fourth-order valence-electron chi connectivity index (χ4n) is 0.441. The first-order chi connectivity index (χ1) is 6.07. The van der Waals surface area contributed by atoms with Crippen molar-refractivity contribution in [1.82, 2.24) is 0 Å². The Labute approximate surface area is 84.6 Å². The van der Waals surface area contributed by atoms with Gasteiger partial charge in [-0.1, -0.05) is 0 Å². The molecule has 0 rings (SSSR count). The Morgan fingerprint density at radius 3 is 1.33 bits per heavy atom. The van der Waals surface area contributed by atoms with E-state index < -0.39 is 7.81 Å². The summed E-state index contributed by atoms with van der Waals surface area (Å²) in [5.41, 5.74) is 0. The number of halogens is 6. The summed E-state index contributed by atoms with van der Waals surface area (Å²) in [7, 11) is -4.64. The van der Waals surface area contributed by atoms with Crippen molar-refractivity contribution in [1.29, 1.82) is 0 Å². The quantitative estimate of drug-likeness (QED) is 0.323. The van der Waals surface area contributed by atoms with Gasteiger partial charge in [-0.2, -0.15) is 0 Å². The molecule has 0 saturated heterocycles. The molecule has 0 amide bonds. The number of nitrogens with zero attached hydrogens (tertiary/aromatic N) is 1. The number of ether oxygens (including phenoxy) is 1. The van der Waals surface area contributed by atoms with Crippen LogP contribution in [0.5, 0.6) is 0 Å². The molecule has 0 radical (unpaired) electrons. The number of hydrogen-bond donors (Lipinski definition) is 0. The Hall–Kier alpha value is -0.0700. The zero-order chi connectivity index (χ0) is 13.0. The average molecular weight is 263 g/mol. The van der Waals surface area contributed by atoms with Crippen LogP contribution in [0.4, 0.5) is 25.2 Å². The second-order valence-corrected chi connectivity index (χ2v) is 5.54. The summed E-state index contributed by atoms with van der Waals surface area (Å²) in [6.45, 7) is 4.07. The Morgan fingerprint density at radius 1 is 1.00 bits per heavy atom. The molecule has 0 aromatic heterocycles. The molecule has 0 N–H and O–H groups in total. The van der Waals surface area contributed by atoms with Crippen LogP contribution in [0.15, 0.2) is 0 Å². The van der Waals surface area contributed by atoms with Crippen LogP contribution in [0.1, 0.15) is 6.92 Å². The van der Waals surface area contributed by atoms with Crippen LogP contribution >= 0.6 is 7.81 Å². The van der Waals surface area contributed by atoms with Gasteiger partial charge in [-0.05, 0) is 6.92 Å². The molecule has 0 spiro atoms. The van der Waals surface area contributed by atoms with E-state index in [2.05, 4.69) is 21.0 Å². The van der Waals surface area contributed by atoms with E-state index in [-0.39, 0.29) is 0 Å². The van der Waals surface area contributed by atoms with Crippen LogP contribution in [-0.2, 0) is 4.74 Å². The van der Waals surface area contributed by atoms with Crippen molar-refractivity contribution in [3.05, 3.63) is 0 Å². The number of rotatable bonds is 3. The average Bonchev–Trinajstić information content (AvgIpc) is 1.80. The molecule has 0 aliphatic rings. The van der Waals surface area contributed by atoms with E-state index in [0.29, 0.717) is 0 Å². The number of hydrogen-bond acceptors (Lipinski definition) is 1. The monoisotopic (exact) mass is 263 g/mol. The normalized spacial score (nSPS) is 17.2. The first-order valence-electron chi connectivity index (χ1n) is 3.95. The van der Waals surface area contributed by atoms with Gasteiger partial charge in [-0.25, -0.2) is 0 Å². The van der Waals surface area contributed by atoms with Crippen LogP contribution in [-0.4, -0.2) is 39.0 Å². The molecule has 98 valence electrons. The van der Waals surface area contributed by atoms with Crippen LogP contribution in [0.25, 0.3) is 0 Å². The van der Waals surface area contributed by atoms with Crippen molar-refractivity contribution in [2.75, 3.05) is 34.5 Å². The summed E-state index contributed by atoms with van der Waals surface area (Å²) in [6, 6.07) is 0. The van der Waals surface area contributed by atoms with Crippen LogP contribution in [0.2, 0.25) is 0 Å². The third-order valence-corrected chi connectivity index (χ3v) is 1.33. The van der Waals surface area contributed by atoms with E-state index in [4.69, 9.17) is 4.74 Å². The molecule has 0 aliphatic heterocycles. The topological polar surface area (TPSA) is 9.23 Å². The zero-order valence-corrected chi connectivity index (χ0v) is 9.88. The predicted octanol–water partition coefficient (Wildman–Crippen LogP) is 4.07. The fraction of sp³-hybridized carbons (Fsp3) is 1.00. The second kappa shape index (κ2) is 4.07. The summed E-state index contributed by atoms with van der Waals surface area (Å²) in [5.74, 6) is 0. The van der Waals surface area contributed by atoms with Crippen molar-refractivity contribution in [2.24, 2.45) is 0 Å². The van der Waals surface area contributed by atoms with Crippen molar-refractivity contribution in [3.63, 3.8) is 0 Å². The summed E-state index contributed by atoms with van der Waals surface area (Å²) < 4.78 is 65.1. The van der Waals surface area contributed by atoms with E-state index >= 15 is 0 Å². The molecule has 2 nitrogen and oxygen atoms in total. The third kappa shape index (κ3) is 41.3. The molecular weight excluding hydrogens is 247 g/mol. The molecule has 0 aliphatic carbocycles. The molecule has 0 fully saturated rings. The van der Waals surface area contributed by atoms with Crippen LogP contribution in [0, 0.1) is 0 Å². The number of quaternary nitrogens is 1. The molecule has 0 saturated carbocycles. The minimum absolute atomic E-state index is 0.802. The third-order valence-electron chi connectivity index (χ3n) is 1.33. The molecule has 15 heavy (non-hydrogen) atoms. The van der Waals surface area contributed by atoms with Gasteiger partial charge in [-0.15, -0.1) is 0 Å². The summed E-state index contributed by atoms with van der Waals surface area (Å²) in [4.78, 5) is 0. The maximum atomic E-state index is 9.87. The van der Waals surface area contributed by atoms with Gasteiger partial charge in [0.2, 0.25) is 0 Å². The zero-order valence-electron chi connectivity index (χ0n) is 8.98. The van der Waals surface area contributed by atoms with E-state index in [9.17, 15) is 25.2 Å². The molecule has 0 atom stereocenters. The molecular formula is C6H16F6NOP. The molecule has 0 aromatic rings. The Morgan fingerprint density at radius 2 is 1.27 bits per heavy atom. The van der Waals surface area contributed by atoms with Gasteiger partial charge >= 0.3 is 33.0 Å². The molecule has 0 heterocycles. The van der Waals surface area contributed by atoms with Crippen molar-refractivity contribution >= 4 is 7.81 Å². The Bertz CT molecular complexity index is 185. The molecule has 9 heteroatoms. The standard InChI is InChI=1S/C6H16NO.F6P/c1-5-7(2,3)6-8-4;1-7(2,3,4,5)6/h5-6H2,1-4H3;/q+1;-1. The Kier molecular flexibility index (Phi) is 4.70. The van der Waals surface area contributed by atoms with E-state index in [1.54, 1.807) is 7.11 Å². The van der Waals surface area contributed by atoms with Gasteiger partial charge in [0.05, 0.1) is 20.6 Å². The molecule has 0 unspecified atom stereocenters. The first kappa shape index (κ1) is 17.3. The molecule has 0 aromatic carbocycles. The minimum atomic E-state index is -10.7. The van der Waals surface area contributed by atoms with Crippen molar-refractivity contribution < 1.29 is 34.4 Å². The summed E-state index contributed by atoms with van der Waals surface area (Å²) in [6.07, 6.45) is 0. The second-order valence-electron chi connectivity index (χ2n) is 3.63. The van der Waals surface area contributed by atoms with E-state index in [0.717, 1.165) is 17.8 Å². The van der Waals surface area contributed by atoms with Gasteiger partial charge in [0.25, 0.3) is 0 Å². The fourth-order valence-corrected chi connectivity index (χ4v) is 0.441. The van der Waals surface area contributed by atoms with E-state index in [1.807, 2.05) is 0 Å². The van der Waals surface area contributed by atoms with Gasteiger partial charge in [0, 0.05) is 7.11 Å².